The van der Waals surface area contributed by atoms with E-state index in [0.29, 0.717) is 23.1 Å². The van der Waals surface area contributed by atoms with Crippen LogP contribution in [0.4, 0.5) is 11.4 Å². The third kappa shape index (κ3) is 5.16. The smallest absolute Gasteiger partial charge is 0.289 e. The number of rotatable bonds is 7. The number of hydrogen-bond donors (Lipinski definition) is 2. The number of anilines is 2. The minimum atomic E-state index is -4.60. The molecule has 4 heterocycles. The van der Waals surface area contributed by atoms with E-state index in [2.05, 4.69) is 4.98 Å². The molecule has 2 aromatic heterocycles. The van der Waals surface area contributed by atoms with Crippen LogP contribution in [0.2, 0.25) is 4.34 Å². The average molecular weight is 562 g/mol. The molecule has 11 nitrogen and oxygen atoms in total. The summed E-state index contributed by atoms with van der Waals surface area (Å²) in [6, 6.07) is 11.9. The third-order valence-corrected chi connectivity index (χ3v) is 7.68. The van der Waals surface area contributed by atoms with Gasteiger partial charge in [0.2, 0.25) is 0 Å². The van der Waals surface area contributed by atoms with Crippen LogP contribution < -0.4 is 9.80 Å². The van der Waals surface area contributed by atoms with E-state index in [1.807, 2.05) is 24.3 Å². The Morgan fingerprint density at radius 3 is 2.76 bits per heavy atom. The lowest BCUT2D eigenvalue weighted by atomic mass is 10.1. The fourth-order valence-corrected chi connectivity index (χ4v) is 5.86. The molecule has 14 heteroatoms. The second-order valence-corrected chi connectivity index (χ2v) is 11.5. The van der Waals surface area contributed by atoms with Crippen LogP contribution in [0.5, 0.6) is 0 Å². The van der Waals surface area contributed by atoms with Crippen molar-refractivity contribution < 1.29 is 27.3 Å². The fraction of sp³-hybridized carbons (Fsp3) is 0.217. The first-order valence-electron chi connectivity index (χ1n) is 11.0. The Morgan fingerprint density at radius 1 is 1.27 bits per heavy atom. The number of thiophene rings is 1. The van der Waals surface area contributed by atoms with Crippen LogP contribution in [0.3, 0.4) is 0 Å². The molecule has 0 atom stereocenters. The van der Waals surface area contributed by atoms with Crippen LogP contribution in [0.15, 0.2) is 48.7 Å². The van der Waals surface area contributed by atoms with Crippen molar-refractivity contribution in [3.8, 4) is 0 Å². The van der Waals surface area contributed by atoms with Crippen LogP contribution in [-0.4, -0.2) is 59.7 Å². The molecule has 1 aromatic carbocycles. The molecule has 0 aliphatic carbocycles. The standard InChI is InChI=1S/C23H20ClN5O6S2/c24-19-5-4-18(36-19)21(30)29(13-37(32,33)34)17-6-7-26-20-16(17)12-27(22(20)31)11-14-2-1-3-15(10-14)28-8-9-35-23(28)25/h1-7,10,25H,8-9,11-13H2,(H,32,33,34). The number of benzene rings is 1. The molecule has 1 saturated heterocycles. The topological polar surface area (TPSA) is 144 Å². The van der Waals surface area contributed by atoms with E-state index in [1.165, 1.54) is 29.3 Å². The first-order chi connectivity index (χ1) is 17.6. The van der Waals surface area contributed by atoms with Crippen molar-refractivity contribution >= 4 is 62.3 Å². The van der Waals surface area contributed by atoms with Crippen molar-refractivity contribution in [1.29, 1.82) is 5.41 Å². The Bertz CT molecular complexity index is 1530. The van der Waals surface area contributed by atoms with E-state index >= 15 is 0 Å². The second-order valence-electron chi connectivity index (χ2n) is 8.34. The van der Waals surface area contributed by atoms with Crippen molar-refractivity contribution in [2.45, 2.75) is 13.1 Å². The van der Waals surface area contributed by atoms with Gasteiger partial charge in [0.25, 0.3) is 28.0 Å². The van der Waals surface area contributed by atoms with E-state index in [-0.39, 0.29) is 41.3 Å². The Morgan fingerprint density at radius 2 is 2.08 bits per heavy atom. The Kier molecular flexibility index (Phi) is 6.62. The zero-order valence-corrected chi connectivity index (χ0v) is 21.5. The number of hydrogen-bond acceptors (Lipinski definition) is 8. The number of carbonyl (C=O) groups excluding carboxylic acids is 2. The molecule has 0 radical (unpaired) electrons. The van der Waals surface area contributed by atoms with Crippen molar-refractivity contribution in [3.63, 3.8) is 0 Å². The summed E-state index contributed by atoms with van der Waals surface area (Å²) >= 11 is 6.92. The predicted molar refractivity (Wildman–Crippen MR) is 138 cm³/mol. The van der Waals surface area contributed by atoms with E-state index in [4.69, 9.17) is 21.7 Å². The first kappa shape index (κ1) is 25.1. The molecule has 2 N–H and O–H groups in total. The summed E-state index contributed by atoms with van der Waals surface area (Å²) in [6.07, 6.45) is 1.32. The lowest BCUT2D eigenvalue weighted by molar-refractivity contribution is 0.0762. The third-order valence-electron chi connectivity index (χ3n) is 5.88. The Balaban J connectivity index is 1.44. The van der Waals surface area contributed by atoms with Crippen molar-refractivity contribution in [2.75, 3.05) is 28.8 Å². The lowest BCUT2D eigenvalue weighted by Crippen LogP contribution is -2.36. The summed E-state index contributed by atoms with van der Waals surface area (Å²) in [6.45, 7) is 1.27. The Hall–Kier alpha value is -3.52. The number of nitrogens with zero attached hydrogens (tertiary/aromatic N) is 4. The molecule has 37 heavy (non-hydrogen) atoms. The van der Waals surface area contributed by atoms with Gasteiger partial charge in [0.15, 0.2) is 5.88 Å². The minimum Gasteiger partial charge on any atom is -0.463 e. The Labute approximate surface area is 221 Å². The maximum absolute atomic E-state index is 13.2. The van der Waals surface area contributed by atoms with E-state index in [1.54, 1.807) is 4.90 Å². The van der Waals surface area contributed by atoms with Crippen molar-refractivity contribution in [3.05, 3.63) is 74.7 Å². The highest BCUT2D eigenvalue weighted by Crippen LogP contribution is 2.34. The van der Waals surface area contributed by atoms with Gasteiger partial charge in [-0.3, -0.25) is 34.3 Å². The summed E-state index contributed by atoms with van der Waals surface area (Å²) in [4.78, 5) is 35.0. The van der Waals surface area contributed by atoms with Gasteiger partial charge in [0, 0.05) is 24.0 Å². The summed E-state index contributed by atoms with van der Waals surface area (Å²) < 4.78 is 38.7. The lowest BCUT2D eigenvalue weighted by Gasteiger charge is -2.23. The zero-order valence-electron chi connectivity index (χ0n) is 19.1. The van der Waals surface area contributed by atoms with Crippen molar-refractivity contribution in [1.82, 2.24) is 9.88 Å². The molecular weight excluding hydrogens is 542 g/mol. The van der Waals surface area contributed by atoms with Gasteiger partial charge >= 0.3 is 0 Å². The van der Waals surface area contributed by atoms with Gasteiger partial charge in [-0.05, 0) is 35.9 Å². The van der Waals surface area contributed by atoms with E-state index < -0.39 is 21.9 Å². The number of fused-ring (bicyclic) bond motifs is 1. The van der Waals surface area contributed by atoms with Crippen LogP contribution in [0.1, 0.15) is 31.3 Å². The minimum absolute atomic E-state index is 0.0614. The van der Waals surface area contributed by atoms with E-state index in [0.717, 1.165) is 27.5 Å². The fourth-order valence-electron chi connectivity index (χ4n) is 4.28. The highest BCUT2D eigenvalue weighted by molar-refractivity contribution is 7.85. The molecule has 3 aromatic rings. The molecule has 2 amide bonds. The number of pyridine rings is 1. The van der Waals surface area contributed by atoms with Crippen LogP contribution >= 0.6 is 22.9 Å². The molecule has 2 aliphatic heterocycles. The molecule has 2 aliphatic rings. The van der Waals surface area contributed by atoms with Gasteiger partial charge in [-0.15, -0.1) is 11.3 Å². The number of amides is 2. The quantitative estimate of drug-likeness (QED) is 0.418. The summed E-state index contributed by atoms with van der Waals surface area (Å²) in [5.74, 6) is -2.06. The number of ether oxygens (including phenoxy) is 1. The largest absolute Gasteiger partial charge is 0.463 e. The second kappa shape index (κ2) is 9.74. The number of amidine groups is 1. The van der Waals surface area contributed by atoms with Crippen molar-refractivity contribution in [2.24, 2.45) is 0 Å². The summed E-state index contributed by atoms with van der Waals surface area (Å²) in [5.41, 5.74) is 2.20. The van der Waals surface area contributed by atoms with Gasteiger partial charge in [-0.1, -0.05) is 23.7 Å². The predicted octanol–water partition coefficient (Wildman–Crippen LogP) is 3.22. The normalized spacial score (nSPS) is 15.2. The maximum atomic E-state index is 13.2. The summed E-state index contributed by atoms with van der Waals surface area (Å²) in [5, 5.41) is 7.91. The van der Waals surface area contributed by atoms with Gasteiger partial charge in [-0.25, -0.2) is 0 Å². The molecule has 0 saturated carbocycles. The van der Waals surface area contributed by atoms with Crippen LogP contribution in [0, 0.1) is 5.41 Å². The molecular formula is C23H20ClN5O6S2. The SMILES string of the molecule is N=C1OCCN1c1cccc(CN2Cc3c(N(CS(=O)(=O)O)C(=O)c4ccc(Cl)s4)ccnc3C2=O)c1. The van der Waals surface area contributed by atoms with Gasteiger partial charge < -0.3 is 9.64 Å². The highest BCUT2D eigenvalue weighted by Gasteiger charge is 2.35. The molecule has 192 valence electrons. The molecule has 5 rings (SSSR count). The molecule has 0 unspecified atom stereocenters. The van der Waals surface area contributed by atoms with Crippen LogP contribution in [-0.2, 0) is 27.9 Å². The number of carbonyl (C=O) groups is 2. The molecule has 0 bridgehead atoms. The van der Waals surface area contributed by atoms with Gasteiger partial charge in [0.05, 0.1) is 28.0 Å². The average Bonchev–Trinajstić information content (AvgIpc) is 3.56. The zero-order chi connectivity index (χ0) is 26.3. The maximum Gasteiger partial charge on any atom is 0.289 e. The number of aromatic nitrogens is 1. The molecule has 0 spiro atoms. The molecule has 1 fully saturated rings. The van der Waals surface area contributed by atoms with Gasteiger partial charge in [-0.2, -0.15) is 8.42 Å². The monoisotopic (exact) mass is 561 g/mol. The first-order valence-corrected chi connectivity index (χ1v) is 13.8. The van der Waals surface area contributed by atoms with Gasteiger partial charge in [0.1, 0.15) is 12.3 Å². The summed E-state index contributed by atoms with van der Waals surface area (Å²) in [7, 11) is -4.60. The van der Waals surface area contributed by atoms with Crippen LogP contribution in [0.25, 0.3) is 0 Å². The van der Waals surface area contributed by atoms with E-state index in [9.17, 15) is 22.6 Å². The number of nitrogens with one attached hydrogen (secondary N) is 1. The number of halogens is 1. The highest BCUT2D eigenvalue weighted by atomic mass is 35.5.